The van der Waals surface area contributed by atoms with Gasteiger partial charge in [-0.25, -0.2) is 5.06 Å². The van der Waals surface area contributed by atoms with E-state index in [0.717, 1.165) is 13.1 Å². The number of ether oxygens (including phenoxy) is 1. The highest BCUT2D eigenvalue weighted by molar-refractivity contribution is 5.80. The fourth-order valence-electron chi connectivity index (χ4n) is 2.13. The highest BCUT2D eigenvalue weighted by Gasteiger charge is 2.29. The highest BCUT2D eigenvalue weighted by Crippen LogP contribution is 2.12. The van der Waals surface area contributed by atoms with E-state index in [1.807, 2.05) is 18.2 Å². The number of carbonyl (C=O) groups is 1. The third-order valence-electron chi connectivity index (χ3n) is 3.26. The van der Waals surface area contributed by atoms with Crippen molar-refractivity contribution in [3.05, 3.63) is 35.9 Å². The summed E-state index contributed by atoms with van der Waals surface area (Å²) >= 11 is 0. The summed E-state index contributed by atoms with van der Waals surface area (Å²) in [6, 6.07) is 10.2. The number of hydroxylamine groups is 2. The van der Waals surface area contributed by atoms with Gasteiger partial charge in [0.2, 0.25) is 0 Å². The van der Waals surface area contributed by atoms with Gasteiger partial charge in [-0.2, -0.15) is 0 Å². The molecule has 2 rings (SSSR count). The van der Waals surface area contributed by atoms with Crippen LogP contribution in [0.1, 0.15) is 5.56 Å². The topological polar surface area (TPSA) is 42.0 Å². The van der Waals surface area contributed by atoms with Crippen LogP contribution in [-0.2, 0) is 20.9 Å². The zero-order valence-electron chi connectivity index (χ0n) is 11.4. The Morgan fingerprint density at radius 1 is 1.47 bits per heavy atom. The summed E-state index contributed by atoms with van der Waals surface area (Å²) in [5.41, 5.74) is 1.25. The van der Waals surface area contributed by atoms with Crippen molar-refractivity contribution in [3.8, 4) is 0 Å². The first kappa shape index (κ1) is 14.0. The third kappa shape index (κ3) is 3.76. The van der Waals surface area contributed by atoms with E-state index in [-0.39, 0.29) is 5.91 Å². The first-order valence-corrected chi connectivity index (χ1v) is 6.40. The van der Waals surface area contributed by atoms with Crippen molar-refractivity contribution in [1.29, 1.82) is 0 Å². The summed E-state index contributed by atoms with van der Waals surface area (Å²) < 4.78 is 5.52. The van der Waals surface area contributed by atoms with E-state index < -0.39 is 6.10 Å². The molecule has 1 fully saturated rings. The van der Waals surface area contributed by atoms with Crippen molar-refractivity contribution in [2.75, 3.05) is 33.9 Å². The van der Waals surface area contributed by atoms with Gasteiger partial charge in [-0.05, 0) is 5.56 Å². The van der Waals surface area contributed by atoms with Crippen LogP contribution in [0, 0.1) is 0 Å². The fourth-order valence-corrected chi connectivity index (χ4v) is 2.13. The van der Waals surface area contributed by atoms with Crippen molar-refractivity contribution >= 4 is 5.91 Å². The second kappa shape index (κ2) is 6.65. The predicted octanol–water partition coefficient (Wildman–Crippen LogP) is 0.907. The Labute approximate surface area is 113 Å². The second-order valence-electron chi connectivity index (χ2n) is 4.60. The number of likely N-dealkylation sites (N-methyl/N-ethyl adjacent to an activating group) is 1. The smallest absolute Gasteiger partial charge is 0.276 e. The first-order valence-electron chi connectivity index (χ1n) is 6.40. The van der Waals surface area contributed by atoms with E-state index in [4.69, 9.17) is 9.57 Å². The lowest BCUT2D eigenvalue weighted by Crippen LogP contribution is -2.49. The minimum absolute atomic E-state index is 0.139. The molecule has 5 heteroatoms. The summed E-state index contributed by atoms with van der Waals surface area (Å²) in [6.45, 7) is 2.85. The van der Waals surface area contributed by atoms with Gasteiger partial charge in [0.1, 0.15) is 0 Å². The Balaban J connectivity index is 1.92. The number of amides is 1. The summed E-state index contributed by atoms with van der Waals surface area (Å²) in [6.07, 6.45) is -0.442. The van der Waals surface area contributed by atoms with Gasteiger partial charge in [0, 0.05) is 26.7 Å². The molecular weight excluding hydrogens is 244 g/mol. The lowest BCUT2D eigenvalue weighted by atomic mass is 10.2. The van der Waals surface area contributed by atoms with Crippen molar-refractivity contribution in [2.45, 2.75) is 12.6 Å². The Hall–Kier alpha value is -1.43. The molecule has 1 aliphatic heterocycles. The standard InChI is InChI=1S/C14H20N2O3/c1-15(18-2)14(17)13-11-16(8-9-19-13)10-12-6-4-3-5-7-12/h3-7,13H,8-11H2,1-2H3/t13-/m0/s1. The molecule has 0 aliphatic carbocycles. The molecule has 1 amide bonds. The molecule has 1 aliphatic rings. The number of carbonyl (C=O) groups excluding carboxylic acids is 1. The maximum atomic E-state index is 12.0. The van der Waals surface area contributed by atoms with Crippen LogP contribution in [0.3, 0.4) is 0 Å². The summed E-state index contributed by atoms with van der Waals surface area (Å²) in [7, 11) is 3.07. The molecule has 19 heavy (non-hydrogen) atoms. The van der Waals surface area contributed by atoms with Gasteiger partial charge in [0.25, 0.3) is 5.91 Å². The first-order chi connectivity index (χ1) is 9.20. The number of benzene rings is 1. The Morgan fingerprint density at radius 2 is 2.21 bits per heavy atom. The largest absolute Gasteiger partial charge is 0.366 e. The molecule has 0 bridgehead atoms. The SMILES string of the molecule is CON(C)C(=O)[C@@H]1CN(Cc2ccccc2)CCO1. The maximum Gasteiger partial charge on any atom is 0.276 e. The van der Waals surface area contributed by atoms with Gasteiger partial charge < -0.3 is 4.74 Å². The zero-order valence-corrected chi connectivity index (χ0v) is 11.4. The number of morpholine rings is 1. The van der Waals surface area contributed by atoms with Crippen LogP contribution < -0.4 is 0 Å². The fraction of sp³-hybridized carbons (Fsp3) is 0.500. The van der Waals surface area contributed by atoms with E-state index >= 15 is 0 Å². The van der Waals surface area contributed by atoms with Gasteiger partial charge in [0.05, 0.1) is 13.7 Å². The third-order valence-corrected chi connectivity index (χ3v) is 3.26. The normalized spacial score (nSPS) is 20.2. The molecule has 1 heterocycles. The van der Waals surface area contributed by atoms with Gasteiger partial charge in [0.15, 0.2) is 6.10 Å². The predicted molar refractivity (Wildman–Crippen MR) is 71.2 cm³/mol. The number of nitrogens with zero attached hydrogens (tertiary/aromatic N) is 2. The summed E-state index contributed by atoms with van der Waals surface area (Å²) in [4.78, 5) is 19.1. The zero-order chi connectivity index (χ0) is 13.7. The molecule has 0 radical (unpaired) electrons. The van der Waals surface area contributed by atoms with E-state index in [2.05, 4.69) is 17.0 Å². The lowest BCUT2D eigenvalue weighted by Gasteiger charge is -2.33. The van der Waals surface area contributed by atoms with E-state index in [1.165, 1.54) is 17.7 Å². The molecule has 1 aromatic rings. The average Bonchev–Trinajstić information content (AvgIpc) is 2.47. The van der Waals surface area contributed by atoms with E-state index in [1.54, 1.807) is 7.05 Å². The minimum atomic E-state index is -0.442. The molecule has 1 atom stereocenters. The quantitative estimate of drug-likeness (QED) is 0.758. The van der Waals surface area contributed by atoms with Crippen LogP contribution in [0.5, 0.6) is 0 Å². The van der Waals surface area contributed by atoms with E-state index in [9.17, 15) is 4.79 Å². The van der Waals surface area contributed by atoms with Crippen molar-refractivity contribution in [2.24, 2.45) is 0 Å². The monoisotopic (exact) mass is 264 g/mol. The molecule has 0 aromatic heterocycles. The molecule has 0 spiro atoms. The van der Waals surface area contributed by atoms with Crippen LogP contribution in [0.25, 0.3) is 0 Å². The molecule has 0 unspecified atom stereocenters. The molecule has 104 valence electrons. The Kier molecular flexibility index (Phi) is 4.90. The molecular formula is C14H20N2O3. The van der Waals surface area contributed by atoms with Crippen LogP contribution in [-0.4, -0.2) is 55.8 Å². The molecule has 0 N–H and O–H groups in total. The summed E-state index contributed by atoms with van der Waals surface area (Å²) in [5.74, 6) is -0.139. The van der Waals surface area contributed by atoms with Gasteiger partial charge in [-0.15, -0.1) is 0 Å². The maximum absolute atomic E-state index is 12.0. The highest BCUT2D eigenvalue weighted by atomic mass is 16.7. The number of rotatable bonds is 4. The van der Waals surface area contributed by atoms with Crippen LogP contribution in [0.4, 0.5) is 0 Å². The van der Waals surface area contributed by atoms with Crippen LogP contribution in [0.15, 0.2) is 30.3 Å². The lowest BCUT2D eigenvalue weighted by molar-refractivity contribution is -0.185. The van der Waals surface area contributed by atoms with Gasteiger partial charge in [-0.3, -0.25) is 14.5 Å². The van der Waals surface area contributed by atoms with Gasteiger partial charge >= 0.3 is 0 Å². The molecule has 5 nitrogen and oxygen atoms in total. The van der Waals surface area contributed by atoms with Crippen LogP contribution in [0.2, 0.25) is 0 Å². The van der Waals surface area contributed by atoms with Gasteiger partial charge in [-0.1, -0.05) is 30.3 Å². The number of hydrogen-bond acceptors (Lipinski definition) is 4. The molecule has 1 saturated heterocycles. The minimum Gasteiger partial charge on any atom is -0.366 e. The Morgan fingerprint density at radius 3 is 2.89 bits per heavy atom. The van der Waals surface area contributed by atoms with E-state index in [0.29, 0.717) is 13.2 Å². The van der Waals surface area contributed by atoms with Crippen molar-refractivity contribution < 1.29 is 14.4 Å². The van der Waals surface area contributed by atoms with Crippen molar-refractivity contribution in [3.63, 3.8) is 0 Å². The molecule has 1 aromatic carbocycles. The average molecular weight is 264 g/mol. The van der Waals surface area contributed by atoms with Crippen molar-refractivity contribution in [1.82, 2.24) is 9.96 Å². The second-order valence-corrected chi connectivity index (χ2v) is 4.60. The van der Waals surface area contributed by atoms with Crippen LogP contribution >= 0.6 is 0 Å². The Bertz CT molecular complexity index is 410. The summed E-state index contributed by atoms with van der Waals surface area (Å²) in [5, 5.41) is 1.22. The molecule has 0 saturated carbocycles. The number of hydrogen-bond donors (Lipinski definition) is 0.